The van der Waals surface area contributed by atoms with E-state index in [1.807, 2.05) is 20.8 Å². The second-order valence-corrected chi connectivity index (χ2v) is 5.55. The average molecular weight is 337 g/mol. The Bertz CT molecular complexity index is 683. The molecule has 0 aliphatic rings. The Labute approximate surface area is 139 Å². The molecule has 24 heavy (non-hydrogen) atoms. The zero-order chi connectivity index (χ0) is 17.7. The van der Waals surface area contributed by atoms with Crippen LogP contribution in [0.1, 0.15) is 41.7 Å². The van der Waals surface area contributed by atoms with Gasteiger partial charge in [-0.3, -0.25) is 0 Å². The molecule has 0 radical (unpaired) electrons. The van der Waals surface area contributed by atoms with Crippen molar-refractivity contribution < 1.29 is 18.6 Å². The van der Waals surface area contributed by atoms with Gasteiger partial charge in [0.25, 0.3) is 0 Å². The number of aliphatic hydroxyl groups excluding tert-OH is 1. The van der Waals surface area contributed by atoms with Crippen molar-refractivity contribution in [1.82, 2.24) is 15.3 Å². The number of aliphatic hydroxyl groups is 1. The van der Waals surface area contributed by atoms with Gasteiger partial charge in [-0.25, -0.2) is 9.97 Å². The van der Waals surface area contributed by atoms with Gasteiger partial charge >= 0.3 is 6.61 Å². The van der Waals surface area contributed by atoms with E-state index in [2.05, 4.69) is 20.0 Å². The highest BCUT2D eigenvalue weighted by atomic mass is 19.3. The maximum Gasteiger partial charge on any atom is 0.387 e. The van der Waals surface area contributed by atoms with Gasteiger partial charge in [-0.2, -0.15) is 8.78 Å². The van der Waals surface area contributed by atoms with E-state index in [1.54, 1.807) is 18.3 Å². The van der Waals surface area contributed by atoms with E-state index in [0.717, 1.165) is 11.3 Å². The summed E-state index contributed by atoms with van der Waals surface area (Å²) in [4.78, 5) is 8.50. The maximum atomic E-state index is 12.3. The van der Waals surface area contributed by atoms with Gasteiger partial charge in [0.1, 0.15) is 11.6 Å². The highest BCUT2D eigenvalue weighted by Crippen LogP contribution is 2.21. The summed E-state index contributed by atoms with van der Waals surface area (Å²) in [5.74, 6) is 0.733. The number of nitrogens with zero attached hydrogens (tertiary/aromatic N) is 2. The lowest BCUT2D eigenvalue weighted by Gasteiger charge is -2.19. The number of hydrogen-bond acceptors (Lipinski definition) is 5. The number of hydrogen-bond donors (Lipinski definition) is 2. The van der Waals surface area contributed by atoms with Crippen LogP contribution in [0.2, 0.25) is 0 Å². The predicted octanol–water partition coefficient (Wildman–Crippen LogP) is 3.08. The second kappa shape index (κ2) is 8.12. The summed E-state index contributed by atoms with van der Waals surface area (Å²) in [6.07, 6.45) is 0.916. The third kappa shape index (κ3) is 4.94. The number of ether oxygens (including phenoxy) is 1. The Morgan fingerprint density at radius 2 is 2.04 bits per heavy atom. The molecular weight excluding hydrogens is 316 g/mol. The van der Waals surface area contributed by atoms with Crippen LogP contribution >= 0.6 is 0 Å². The SMILES string of the molecule is Cc1ncc(C(C)NCC(O)c2cccc(OC(F)F)c2)c(C)n1. The molecule has 2 aromatic rings. The Hall–Kier alpha value is -2.12. The molecule has 0 spiro atoms. The molecule has 0 amide bonds. The van der Waals surface area contributed by atoms with Crippen molar-refractivity contribution in [3.8, 4) is 5.75 Å². The molecule has 2 rings (SSSR count). The molecule has 2 unspecified atom stereocenters. The van der Waals surface area contributed by atoms with Crippen LogP contribution in [0.3, 0.4) is 0 Å². The summed E-state index contributed by atoms with van der Waals surface area (Å²) >= 11 is 0. The lowest BCUT2D eigenvalue weighted by atomic mass is 10.1. The van der Waals surface area contributed by atoms with Crippen molar-refractivity contribution in [3.05, 3.63) is 53.1 Å². The van der Waals surface area contributed by atoms with E-state index in [9.17, 15) is 13.9 Å². The summed E-state index contributed by atoms with van der Waals surface area (Å²) in [6.45, 7) is 3.05. The van der Waals surface area contributed by atoms with Crippen molar-refractivity contribution >= 4 is 0 Å². The summed E-state index contributed by atoms with van der Waals surface area (Å²) in [5.41, 5.74) is 2.33. The number of aryl methyl sites for hydroxylation is 2. The van der Waals surface area contributed by atoms with E-state index in [-0.39, 0.29) is 18.3 Å². The molecule has 0 aliphatic carbocycles. The van der Waals surface area contributed by atoms with Crippen LogP contribution in [0.25, 0.3) is 0 Å². The summed E-state index contributed by atoms with van der Waals surface area (Å²) in [5, 5.41) is 13.5. The van der Waals surface area contributed by atoms with Gasteiger partial charge in [0.2, 0.25) is 0 Å². The van der Waals surface area contributed by atoms with Crippen LogP contribution in [0.4, 0.5) is 8.78 Å². The Balaban J connectivity index is 1.98. The monoisotopic (exact) mass is 337 g/mol. The van der Waals surface area contributed by atoms with Gasteiger partial charge in [-0.1, -0.05) is 12.1 Å². The van der Waals surface area contributed by atoms with Gasteiger partial charge in [-0.15, -0.1) is 0 Å². The molecule has 1 heterocycles. The Morgan fingerprint density at radius 1 is 1.29 bits per heavy atom. The molecule has 0 saturated heterocycles. The van der Waals surface area contributed by atoms with Crippen LogP contribution in [-0.2, 0) is 0 Å². The first-order valence-electron chi connectivity index (χ1n) is 7.63. The number of nitrogens with one attached hydrogen (secondary N) is 1. The predicted molar refractivity (Wildman–Crippen MR) is 86.0 cm³/mol. The summed E-state index contributed by atoms with van der Waals surface area (Å²) in [7, 11) is 0. The highest BCUT2D eigenvalue weighted by molar-refractivity contribution is 5.30. The summed E-state index contributed by atoms with van der Waals surface area (Å²) < 4.78 is 28.8. The zero-order valence-electron chi connectivity index (χ0n) is 13.8. The minimum atomic E-state index is -2.89. The molecule has 1 aromatic carbocycles. The van der Waals surface area contributed by atoms with Crippen LogP contribution in [0.15, 0.2) is 30.5 Å². The van der Waals surface area contributed by atoms with Gasteiger partial charge in [0.15, 0.2) is 0 Å². The smallest absolute Gasteiger partial charge is 0.387 e. The van der Waals surface area contributed by atoms with Crippen LogP contribution in [0.5, 0.6) is 5.75 Å². The van der Waals surface area contributed by atoms with Gasteiger partial charge in [0.05, 0.1) is 6.10 Å². The highest BCUT2D eigenvalue weighted by Gasteiger charge is 2.14. The number of alkyl halides is 2. The minimum Gasteiger partial charge on any atom is -0.435 e. The van der Waals surface area contributed by atoms with E-state index < -0.39 is 12.7 Å². The van der Waals surface area contributed by atoms with Gasteiger partial charge in [0, 0.05) is 30.0 Å². The number of aromatic nitrogens is 2. The molecule has 0 aliphatic heterocycles. The second-order valence-electron chi connectivity index (χ2n) is 5.55. The lowest BCUT2D eigenvalue weighted by molar-refractivity contribution is -0.0499. The zero-order valence-corrected chi connectivity index (χ0v) is 13.8. The number of halogens is 2. The molecule has 130 valence electrons. The Kier molecular flexibility index (Phi) is 6.16. The molecule has 1 aromatic heterocycles. The average Bonchev–Trinajstić information content (AvgIpc) is 2.52. The molecule has 5 nitrogen and oxygen atoms in total. The van der Waals surface area contributed by atoms with Crippen molar-refractivity contribution in [1.29, 1.82) is 0 Å². The van der Waals surface area contributed by atoms with Crippen molar-refractivity contribution in [2.24, 2.45) is 0 Å². The maximum absolute atomic E-state index is 12.3. The molecule has 0 bridgehead atoms. The van der Waals surface area contributed by atoms with E-state index in [1.165, 1.54) is 12.1 Å². The first-order valence-corrected chi connectivity index (χ1v) is 7.63. The molecule has 0 fully saturated rings. The normalized spacial score (nSPS) is 13.8. The van der Waals surface area contributed by atoms with E-state index in [4.69, 9.17) is 0 Å². The van der Waals surface area contributed by atoms with Crippen molar-refractivity contribution in [3.63, 3.8) is 0 Å². The Morgan fingerprint density at radius 3 is 2.71 bits per heavy atom. The van der Waals surface area contributed by atoms with Gasteiger partial charge < -0.3 is 15.2 Å². The quantitative estimate of drug-likeness (QED) is 0.813. The molecule has 0 saturated carbocycles. The lowest BCUT2D eigenvalue weighted by Crippen LogP contribution is -2.25. The van der Waals surface area contributed by atoms with Crippen molar-refractivity contribution in [2.45, 2.75) is 39.5 Å². The van der Waals surface area contributed by atoms with Crippen molar-refractivity contribution in [2.75, 3.05) is 6.54 Å². The third-order valence-electron chi connectivity index (χ3n) is 3.69. The molecule has 2 atom stereocenters. The topological polar surface area (TPSA) is 67.3 Å². The fourth-order valence-electron chi connectivity index (χ4n) is 2.43. The molecular formula is C17H21F2N3O2. The first-order chi connectivity index (χ1) is 11.4. The number of benzene rings is 1. The van der Waals surface area contributed by atoms with Crippen LogP contribution in [-0.4, -0.2) is 28.2 Å². The van der Waals surface area contributed by atoms with E-state index >= 15 is 0 Å². The number of rotatable bonds is 7. The standard InChI is InChI=1S/C17H21F2N3O2/c1-10(15-8-21-12(3)22-11(15)2)20-9-16(23)13-5-4-6-14(7-13)24-17(18)19/h4-8,10,16-17,20,23H,9H2,1-3H3. The van der Waals surface area contributed by atoms with E-state index in [0.29, 0.717) is 11.4 Å². The van der Waals surface area contributed by atoms with Gasteiger partial charge in [-0.05, 0) is 38.5 Å². The van der Waals surface area contributed by atoms with Crippen LogP contribution in [0, 0.1) is 13.8 Å². The third-order valence-corrected chi connectivity index (χ3v) is 3.69. The molecule has 2 N–H and O–H groups in total. The van der Waals surface area contributed by atoms with Crippen LogP contribution < -0.4 is 10.1 Å². The molecule has 7 heteroatoms. The largest absolute Gasteiger partial charge is 0.435 e. The first kappa shape index (κ1) is 18.2. The summed E-state index contributed by atoms with van der Waals surface area (Å²) in [6, 6.07) is 6.00. The fraction of sp³-hybridized carbons (Fsp3) is 0.412. The fourth-order valence-corrected chi connectivity index (χ4v) is 2.43. The minimum absolute atomic E-state index is 0.0253.